The summed E-state index contributed by atoms with van der Waals surface area (Å²) in [6.45, 7) is 11.9. The summed E-state index contributed by atoms with van der Waals surface area (Å²) in [5.74, 6) is 1.63. The van der Waals surface area contributed by atoms with Gasteiger partial charge in [0.1, 0.15) is 27.7 Å². The Morgan fingerprint density at radius 1 is 1.16 bits per heavy atom. The van der Waals surface area contributed by atoms with Crippen LogP contribution in [0.5, 0.6) is 5.75 Å². The van der Waals surface area contributed by atoms with Crippen LogP contribution in [0, 0.1) is 0 Å². The summed E-state index contributed by atoms with van der Waals surface area (Å²) in [5.41, 5.74) is 1.52. The van der Waals surface area contributed by atoms with Crippen LogP contribution in [-0.4, -0.2) is 37.9 Å². The molecule has 1 fully saturated rings. The molecule has 1 spiro atoms. The molecule has 1 aromatic carbocycles. The van der Waals surface area contributed by atoms with Gasteiger partial charge in [0.2, 0.25) is 0 Å². The number of fused-ring (bicyclic) bond motifs is 3. The Labute approximate surface area is 227 Å². The highest BCUT2D eigenvalue weighted by Crippen LogP contribution is 2.59. The molecule has 0 bridgehead atoms. The molecule has 2 aliphatic rings. The molecule has 2 N–H and O–H groups in total. The van der Waals surface area contributed by atoms with E-state index in [1.165, 1.54) is 0 Å². The molecular weight excluding hydrogens is 500 g/mol. The predicted octanol–water partition coefficient (Wildman–Crippen LogP) is 5.87. The summed E-state index contributed by atoms with van der Waals surface area (Å²) < 4.78 is 27.2. The third-order valence-corrected chi connectivity index (χ3v) is 9.39. The van der Waals surface area contributed by atoms with Crippen molar-refractivity contribution in [1.82, 2.24) is 14.7 Å². The molecule has 9 heteroatoms. The van der Waals surface area contributed by atoms with E-state index in [0.717, 1.165) is 47.0 Å². The molecule has 8 nitrogen and oxygen atoms in total. The average Bonchev–Trinajstić information content (AvgIpc) is 3.67. The van der Waals surface area contributed by atoms with Crippen molar-refractivity contribution in [2.45, 2.75) is 82.6 Å². The number of rotatable bonds is 7. The number of cyclic esters (lactones) is 1. The molecule has 0 radical (unpaired) electrons. The summed E-state index contributed by atoms with van der Waals surface area (Å²) in [4.78, 5) is 22.2. The van der Waals surface area contributed by atoms with Crippen molar-refractivity contribution in [2.24, 2.45) is 0 Å². The van der Waals surface area contributed by atoms with Crippen molar-refractivity contribution >= 4 is 39.7 Å². The molecule has 5 rings (SSSR count). The van der Waals surface area contributed by atoms with Gasteiger partial charge in [-0.05, 0) is 89.1 Å². The maximum atomic E-state index is 12.9. The zero-order chi connectivity index (χ0) is 27.5. The summed E-state index contributed by atoms with van der Waals surface area (Å²) in [6, 6.07) is 9.38. The van der Waals surface area contributed by atoms with Gasteiger partial charge in [0.15, 0.2) is 0 Å². The number of pyridine rings is 2. The van der Waals surface area contributed by atoms with E-state index in [9.17, 15) is 9.35 Å². The van der Waals surface area contributed by atoms with Crippen LogP contribution < -0.4 is 14.8 Å². The van der Waals surface area contributed by atoms with Crippen molar-refractivity contribution in [2.75, 3.05) is 12.4 Å². The number of carbonyl (C=O) groups is 1. The lowest BCUT2D eigenvalue weighted by Gasteiger charge is -2.39. The van der Waals surface area contributed by atoms with E-state index in [4.69, 9.17) is 14.5 Å². The Morgan fingerprint density at radius 2 is 1.89 bits per heavy atom. The largest absolute Gasteiger partial charge is 0.598 e. The normalized spacial score (nSPS) is 19.0. The number of hydrogen-bond donors (Lipinski definition) is 2. The van der Waals surface area contributed by atoms with Crippen LogP contribution in [0.2, 0.25) is 0 Å². The van der Waals surface area contributed by atoms with Crippen molar-refractivity contribution in [3.05, 3.63) is 53.3 Å². The minimum atomic E-state index is -1.23. The van der Waals surface area contributed by atoms with E-state index < -0.39 is 17.0 Å². The van der Waals surface area contributed by atoms with E-state index in [0.29, 0.717) is 17.2 Å². The van der Waals surface area contributed by atoms with E-state index >= 15 is 0 Å². The maximum absolute atomic E-state index is 12.9. The predicted molar refractivity (Wildman–Crippen MR) is 150 cm³/mol. The molecule has 0 saturated heterocycles. The number of esters is 1. The van der Waals surface area contributed by atoms with Crippen LogP contribution in [-0.2, 0) is 21.5 Å². The molecule has 1 aliphatic carbocycles. The molecule has 1 unspecified atom stereocenters. The number of methoxy groups -OCH3 is 1. The van der Waals surface area contributed by atoms with E-state index in [1.54, 1.807) is 25.4 Å². The summed E-state index contributed by atoms with van der Waals surface area (Å²) >= 11 is -1.23. The monoisotopic (exact) mass is 536 g/mol. The van der Waals surface area contributed by atoms with Crippen LogP contribution in [0.3, 0.4) is 0 Å². The number of nitrogens with zero attached hydrogens (tertiary/aromatic N) is 2. The standard InChI is InChI=1S/C29H36N4O4S/c1-8-21(33-38(35)27(2,3)4)17-9-11-22(36-7)20-16-30-24(15-19(17)20)31-23-12-10-18-25(32-23)29(13-14-29)28(5,6)37-26(18)34/h9-12,15-16,21,33H,8,13-14H2,1-7H3,(H,30,31,32)/t21-,38?/m0/s1. The molecular formula is C29H36N4O4S. The van der Waals surface area contributed by atoms with Crippen molar-refractivity contribution in [1.29, 1.82) is 0 Å². The first-order chi connectivity index (χ1) is 17.9. The molecule has 0 amide bonds. The third kappa shape index (κ3) is 4.50. The van der Waals surface area contributed by atoms with Gasteiger partial charge in [0.25, 0.3) is 0 Å². The topological polar surface area (TPSA) is 108 Å². The first-order valence-corrected chi connectivity index (χ1v) is 14.2. The highest BCUT2D eigenvalue weighted by molar-refractivity contribution is 7.90. The van der Waals surface area contributed by atoms with Crippen LogP contribution >= 0.6 is 0 Å². The fourth-order valence-electron chi connectivity index (χ4n) is 5.28. The van der Waals surface area contributed by atoms with Crippen molar-refractivity contribution in [3.8, 4) is 5.75 Å². The number of benzene rings is 1. The molecule has 2 atom stereocenters. The fraction of sp³-hybridized carbons (Fsp3) is 0.483. The number of aromatic nitrogens is 2. The third-order valence-electron chi connectivity index (χ3n) is 7.78. The van der Waals surface area contributed by atoms with Crippen LogP contribution in [0.4, 0.5) is 11.6 Å². The highest BCUT2D eigenvalue weighted by atomic mass is 32.2. The van der Waals surface area contributed by atoms with Crippen LogP contribution in [0.15, 0.2) is 36.5 Å². The number of nitrogens with one attached hydrogen (secondary N) is 2. The molecule has 3 aromatic rings. The van der Waals surface area contributed by atoms with Gasteiger partial charge in [-0.3, -0.25) is 0 Å². The van der Waals surface area contributed by atoms with Gasteiger partial charge in [-0.1, -0.05) is 13.0 Å². The number of ether oxygens (including phenoxy) is 2. The van der Waals surface area contributed by atoms with Gasteiger partial charge in [-0.2, -0.15) is 0 Å². The van der Waals surface area contributed by atoms with Gasteiger partial charge >= 0.3 is 5.97 Å². The second-order valence-electron chi connectivity index (χ2n) is 11.6. The van der Waals surface area contributed by atoms with Gasteiger partial charge in [-0.15, -0.1) is 4.72 Å². The molecule has 38 heavy (non-hydrogen) atoms. The maximum Gasteiger partial charge on any atom is 0.340 e. The molecule has 1 aliphatic heterocycles. The lowest BCUT2D eigenvalue weighted by molar-refractivity contribution is -0.0285. The van der Waals surface area contributed by atoms with E-state index in [1.807, 2.05) is 52.8 Å². The van der Waals surface area contributed by atoms with Crippen LogP contribution in [0.1, 0.15) is 88.5 Å². The first kappa shape index (κ1) is 26.7. The minimum absolute atomic E-state index is 0.122. The second-order valence-corrected chi connectivity index (χ2v) is 13.6. The van der Waals surface area contributed by atoms with Gasteiger partial charge in [-0.25, -0.2) is 14.8 Å². The smallest absolute Gasteiger partial charge is 0.340 e. The average molecular weight is 537 g/mol. The number of anilines is 2. The van der Waals surface area contributed by atoms with Crippen LogP contribution in [0.25, 0.3) is 10.8 Å². The fourth-order valence-corrected chi connectivity index (χ4v) is 6.19. The lowest BCUT2D eigenvalue weighted by Crippen LogP contribution is -2.46. The molecule has 2 aromatic heterocycles. The van der Waals surface area contributed by atoms with Crippen molar-refractivity contribution in [3.63, 3.8) is 0 Å². The lowest BCUT2D eigenvalue weighted by atomic mass is 9.80. The number of hydrogen-bond acceptors (Lipinski definition) is 8. The summed E-state index contributed by atoms with van der Waals surface area (Å²) in [7, 11) is 1.64. The van der Waals surface area contributed by atoms with E-state index in [2.05, 4.69) is 21.9 Å². The van der Waals surface area contributed by atoms with Gasteiger partial charge < -0.3 is 19.3 Å². The Hall–Kier alpha value is -2.88. The highest BCUT2D eigenvalue weighted by Gasteiger charge is 2.63. The number of carbonyl (C=O) groups excluding carboxylic acids is 1. The Kier molecular flexibility index (Phi) is 6.60. The van der Waals surface area contributed by atoms with Crippen molar-refractivity contribution < 1.29 is 18.8 Å². The quantitative estimate of drug-likeness (QED) is 0.285. The second kappa shape index (κ2) is 9.39. The zero-order valence-corrected chi connectivity index (χ0v) is 23.9. The zero-order valence-electron chi connectivity index (χ0n) is 23.1. The SMILES string of the molecule is CC[C@H](N[S+]([O-])C(C)(C)C)c1ccc(OC)c2cnc(Nc3ccc4c(n3)C3(CC3)C(C)(C)OC4=O)cc12. The molecule has 3 heterocycles. The summed E-state index contributed by atoms with van der Waals surface area (Å²) in [5, 5.41) is 5.17. The summed E-state index contributed by atoms with van der Waals surface area (Å²) in [6.07, 6.45) is 4.42. The van der Waals surface area contributed by atoms with Gasteiger partial charge in [0.05, 0.1) is 29.8 Å². The molecule has 202 valence electrons. The minimum Gasteiger partial charge on any atom is -0.598 e. The first-order valence-electron chi connectivity index (χ1n) is 13.1. The van der Waals surface area contributed by atoms with E-state index in [-0.39, 0.29) is 22.2 Å². The molecule has 1 saturated carbocycles. The Balaban J connectivity index is 1.52. The Bertz CT molecular complexity index is 1400. The Morgan fingerprint density at radius 3 is 2.53 bits per heavy atom. The van der Waals surface area contributed by atoms with Gasteiger partial charge in [0, 0.05) is 22.9 Å².